The van der Waals surface area contributed by atoms with Crippen LogP contribution in [0.25, 0.3) is 0 Å². The predicted molar refractivity (Wildman–Crippen MR) is 82.4 cm³/mol. The summed E-state index contributed by atoms with van der Waals surface area (Å²) in [7, 11) is 0. The zero-order valence-corrected chi connectivity index (χ0v) is 13.2. The lowest BCUT2D eigenvalue weighted by molar-refractivity contribution is 0.0708. The first-order valence-corrected chi connectivity index (χ1v) is 7.77. The Hall–Kier alpha value is -0.420. The minimum absolute atomic E-state index is 0.343. The van der Waals surface area contributed by atoms with Crippen LogP contribution in [0.3, 0.4) is 0 Å². The first-order chi connectivity index (χ1) is 9.16. The lowest BCUT2D eigenvalue weighted by Crippen LogP contribution is -2.45. The fourth-order valence-electron chi connectivity index (χ4n) is 2.61. The van der Waals surface area contributed by atoms with E-state index in [4.69, 9.17) is 4.74 Å². The summed E-state index contributed by atoms with van der Waals surface area (Å²) in [5.74, 6) is 0. The Morgan fingerprint density at radius 3 is 2.89 bits per heavy atom. The van der Waals surface area contributed by atoms with E-state index in [0.29, 0.717) is 18.1 Å². The second-order valence-electron chi connectivity index (χ2n) is 5.27. The smallest absolute Gasteiger partial charge is 0.0620 e. The SMILES string of the molecule is CC(CC1COCCN1)N[C@H](C)c1ccccc1Br. The second kappa shape index (κ2) is 7.39. The molecular formula is C15H23BrN2O. The molecule has 1 aliphatic rings. The largest absolute Gasteiger partial charge is 0.379 e. The molecule has 19 heavy (non-hydrogen) atoms. The molecule has 1 heterocycles. The molecule has 1 aromatic rings. The molecule has 0 saturated carbocycles. The molecule has 0 radical (unpaired) electrons. The van der Waals surface area contributed by atoms with E-state index in [1.807, 2.05) is 6.07 Å². The fourth-order valence-corrected chi connectivity index (χ4v) is 3.24. The van der Waals surface area contributed by atoms with Crippen molar-refractivity contribution in [3.05, 3.63) is 34.3 Å². The molecule has 1 aliphatic heterocycles. The molecule has 0 bridgehead atoms. The number of benzene rings is 1. The van der Waals surface area contributed by atoms with Crippen LogP contribution >= 0.6 is 15.9 Å². The Balaban J connectivity index is 1.84. The van der Waals surface area contributed by atoms with Crippen molar-refractivity contribution in [3.8, 4) is 0 Å². The normalized spacial score (nSPS) is 23.0. The minimum Gasteiger partial charge on any atom is -0.379 e. The summed E-state index contributed by atoms with van der Waals surface area (Å²) in [5.41, 5.74) is 1.31. The van der Waals surface area contributed by atoms with E-state index in [9.17, 15) is 0 Å². The van der Waals surface area contributed by atoms with E-state index in [1.165, 1.54) is 10.0 Å². The molecular weight excluding hydrogens is 304 g/mol. The highest BCUT2D eigenvalue weighted by molar-refractivity contribution is 9.10. The van der Waals surface area contributed by atoms with Gasteiger partial charge < -0.3 is 15.4 Å². The number of morpholine rings is 1. The highest BCUT2D eigenvalue weighted by Crippen LogP contribution is 2.23. The molecule has 0 amide bonds. The third-order valence-corrected chi connectivity index (χ3v) is 4.26. The Labute approximate surface area is 124 Å². The van der Waals surface area contributed by atoms with Crippen LogP contribution in [-0.4, -0.2) is 31.8 Å². The van der Waals surface area contributed by atoms with E-state index in [-0.39, 0.29) is 0 Å². The molecule has 3 atom stereocenters. The summed E-state index contributed by atoms with van der Waals surface area (Å²) in [6.07, 6.45) is 1.09. The molecule has 2 unspecified atom stereocenters. The van der Waals surface area contributed by atoms with Crippen LogP contribution in [0.1, 0.15) is 31.9 Å². The van der Waals surface area contributed by atoms with Crippen molar-refractivity contribution < 1.29 is 4.74 Å². The van der Waals surface area contributed by atoms with Crippen molar-refractivity contribution in [2.75, 3.05) is 19.8 Å². The van der Waals surface area contributed by atoms with Crippen LogP contribution in [0.5, 0.6) is 0 Å². The first kappa shape index (κ1) is 15.0. The Bertz CT molecular complexity index is 393. The number of hydrogen-bond donors (Lipinski definition) is 2. The predicted octanol–water partition coefficient (Wildman–Crippen LogP) is 2.87. The average Bonchev–Trinajstić information content (AvgIpc) is 2.40. The molecule has 2 rings (SSSR count). The van der Waals surface area contributed by atoms with Crippen LogP contribution in [-0.2, 0) is 4.74 Å². The maximum absolute atomic E-state index is 5.49. The molecule has 106 valence electrons. The van der Waals surface area contributed by atoms with E-state index in [0.717, 1.165) is 26.2 Å². The lowest BCUT2D eigenvalue weighted by Gasteiger charge is -2.28. The number of ether oxygens (including phenoxy) is 1. The molecule has 4 heteroatoms. The Morgan fingerprint density at radius 1 is 1.42 bits per heavy atom. The fraction of sp³-hybridized carbons (Fsp3) is 0.600. The summed E-state index contributed by atoms with van der Waals surface area (Å²) < 4.78 is 6.66. The van der Waals surface area contributed by atoms with Crippen LogP contribution in [0.2, 0.25) is 0 Å². The highest BCUT2D eigenvalue weighted by Gasteiger charge is 2.18. The highest BCUT2D eigenvalue weighted by atomic mass is 79.9. The minimum atomic E-state index is 0.343. The molecule has 2 N–H and O–H groups in total. The zero-order valence-electron chi connectivity index (χ0n) is 11.7. The van der Waals surface area contributed by atoms with Gasteiger partial charge in [0, 0.05) is 29.1 Å². The van der Waals surface area contributed by atoms with Gasteiger partial charge in [0.25, 0.3) is 0 Å². The third-order valence-electron chi connectivity index (χ3n) is 3.54. The van der Waals surface area contributed by atoms with Crippen molar-refractivity contribution in [1.29, 1.82) is 0 Å². The zero-order chi connectivity index (χ0) is 13.7. The van der Waals surface area contributed by atoms with Gasteiger partial charge in [-0.15, -0.1) is 0 Å². The molecule has 1 saturated heterocycles. The number of rotatable bonds is 5. The van der Waals surface area contributed by atoms with Crippen molar-refractivity contribution in [3.63, 3.8) is 0 Å². The van der Waals surface area contributed by atoms with Crippen LogP contribution in [0.4, 0.5) is 0 Å². The van der Waals surface area contributed by atoms with E-state index in [1.54, 1.807) is 0 Å². The molecule has 0 spiro atoms. The molecule has 0 aliphatic carbocycles. The van der Waals surface area contributed by atoms with Gasteiger partial charge in [0.05, 0.1) is 13.2 Å². The summed E-state index contributed by atoms with van der Waals surface area (Å²) in [6, 6.07) is 9.66. The number of nitrogens with one attached hydrogen (secondary N) is 2. The molecule has 0 aromatic heterocycles. The van der Waals surface area contributed by atoms with Gasteiger partial charge in [-0.3, -0.25) is 0 Å². The second-order valence-corrected chi connectivity index (χ2v) is 6.13. The average molecular weight is 327 g/mol. The Kier molecular flexibility index (Phi) is 5.82. The maximum Gasteiger partial charge on any atom is 0.0620 e. The maximum atomic E-state index is 5.49. The molecule has 1 fully saturated rings. The van der Waals surface area contributed by atoms with Crippen molar-refractivity contribution >= 4 is 15.9 Å². The van der Waals surface area contributed by atoms with E-state index in [2.05, 4.69) is 58.6 Å². The van der Waals surface area contributed by atoms with Crippen LogP contribution < -0.4 is 10.6 Å². The molecule has 1 aromatic carbocycles. The number of hydrogen-bond acceptors (Lipinski definition) is 3. The Morgan fingerprint density at radius 2 is 2.21 bits per heavy atom. The van der Waals surface area contributed by atoms with Crippen molar-refractivity contribution in [2.45, 2.75) is 38.4 Å². The van der Waals surface area contributed by atoms with Gasteiger partial charge >= 0.3 is 0 Å². The first-order valence-electron chi connectivity index (χ1n) is 6.98. The third kappa shape index (κ3) is 4.56. The van der Waals surface area contributed by atoms with Crippen molar-refractivity contribution in [1.82, 2.24) is 10.6 Å². The van der Waals surface area contributed by atoms with E-state index >= 15 is 0 Å². The van der Waals surface area contributed by atoms with Gasteiger partial charge in [-0.1, -0.05) is 34.1 Å². The summed E-state index contributed by atoms with van der Waals surface area (Å²) in [4.78, 5) is 0. The quantitative estimate of drug-likeness (QED) is 0.872. The van der Waals surface area contributed by atoms with Gasteiger partial charge in [0.2, 0.25) is 0 Å². The summed E-state index contributed by atoms with van der Waals surface area (Å²) in [6.45, 7) is 7.09. The van der Waals surface area contributed by atoms with Crippen LogP contribution in [0.15, 0.2) is 28.7 Å². The van der Waals surface area contributed by atoms with Gasteiger partial charge in [-0.2, -0.15) is 0 Å². The van der Waals surface area contributed by atoms with E-state index < -0.39 is 0 Å². The lowest BCUT2D eigenvalue weighted by atomic mass is 10.0. The van der Waals surface area contributed by atoms with Crippen LogP contribution in [0, 0.1) is 0 Å². The number of halogens is 1. The van der Waals surface area contributed by atoms with Gasteiger partial charge in [0.1, 0.15) is 0 Å². The summed E-state index contributed by atoms with van der Waals surface area (Å²) >= 11 is 3.61. The van der Waals surface area contributed by atoms with Crippen molar-refractivity contribution in [2.24, 2.45) is 0 Å². The monoisotopic (exact) mass is 326 g/mol. The topological polar surface area (TPSA) is 33.3 Å². The van der Waals surface area contributed by atoms with Gasteiger partial charge in [0.15, 0.2) is 0 Å². The van der Waals surface area contributed by atoms with Gasteiger partial charge in [-0.25, -0.2) is 0 Å². The summed E-state index contributed by atoms with van der Waals surface area (Å²) in [5, 5.41) is 7.16. The molecule has 3 nitrogen and oxygen atoms in total. The standard InChI is InChI=1S/C15H23BrN2O/c1-11(9-13-10-19-8-7-17-13)18-12(2)14-5-3-4-6-15(14)16/h3-6,11-13,17-18H,7-10H2,1-2H3/t11?,12-,13?/m1/s1. The van der Waals surface area contributed by atoms with Gasteiger partial charge in [-0.05, 0) is 31.9 Å².